The van der Waals surface area contributed by atoms with Crippen LogP contribution >= 0.6 is 0 Å². The minimum atomic E-state index is -0.0941. The van der Waals surface area contributed by atoms with Crippen LogP contribution in [0.5, 0.6) is 0 Å². The first-order valence-corrected chi connectivity index (χ1v) is 7.47. The molecule has 20 heavy (non-hydrogen) atoms. The molecule has 1 fully saturated rings. The fraction of sp³-hybridized carbons (Fsp3) is 0.588. The Kier molecular flexibility index (Phi) is 5.18. The van der Waals surface area contributed by atoms with E-state index in [4.69, 9.17) is 4.74 Å². The van der Waals surface area contributed by atoms with Crippen LogP contribution in [0.4, 0.5) is 0 Å². The van der Waals surface area contributed by atoms with E-state index < -0.39 is 0 Å². The normalized spacial score (nSPS) is 19.9. The van der Waals surface area contributed by atoms with Gasteiger partial charge in [-0.3, -0.25) is 9.69 Å². The van der Waals surface area contributed by atoms with Crippen molar-refractivity contribution in [2.45, 2.75) is 52.1 Å². The van der Waals surface area contributed by atoms with Crippen LogP contribution in [0.15, 0.2) is 18.2 Å². The van der Waals surface area contributed by atoms with E-state index in [9.17, 15) is 4.79 Å². The van der Waals surface area contributed by atoms with Gasteiger partial charge in [-0.2, -0.15) is 0 Å². The molecule has 1 aromatic rings. The zero-order chi connectivity index (χ0) is 14.5. The highest BCUT2D eigenvalue weighted by molar-refractivity contribution is 5.69. The van der Waals surface area contributed by atoms with Gasteiger partial charge in [-0.25, -0.2) is 0 Å². The number of esters is 1. The van der Waals surface area contributed by atoms with Gasteiger partial charge in [-0.05, 0) is 49.9 Å². The first-order chi connectivity index (χ1) is 9.61. The standard InChI is InChI=1S/C17H25NO2/c1-13-7-6-8-14(2)16(13)12-18-10-5-4-9-15(18)11-17(19)20-3/h6-8,15H,4-5,9-12H2,1-3H3. The van der Waals surface area contributed by atoms with Crippen molar-refractivity contribution in [2.24, 2.45) is 0 Å². The Morgan fingerprint density at radius 3 is 2.65 bits per heavy atom. The van der Waals surface area contributed by atoms with E-state index in [2.05, 4.69) is 36.9 Å². The van der Waals surface area contributed by atoms with E-state index >= 15 is 0 Å². The lowest BCUT2D eigenvalue weighted by molar-refractivity contribution is -0.142. The summed E-state index contributed by atoms with van der Waals surface area (Å²) in [6.45, 7) is 6.36. The highest BCUT2D eigenvalue weighted by atomic mass is 16.5. The van der Waals surface area contributed by atoms with Gasteiger partial charge in [0.2, 0.25) is 0 Å². The Morgan fingerprint density at radius 1 is 1.30 bits per heavy atom. The quantitative estimate of drug-likeness (QED) is 0.790. The fourth-order valence-corrected chi connectivity index (χ4v) is 3.08. The summed E-state index contributed by atoms with van der Waals surface area (Å²) in [7, 11) is 1.47. The van der Waals surface area contributed by atoms with E-state index in [1.165, 1.54) is 36.6 Å². The first-order valence-electron chi connectivity index (χ1n) is 7.47. The number of carbonyl (C=O) groups excluding carboxylic acids is 1. The van der Waals surface area contributed by atoms with Gasteiger partial charge < -0.3 is 4.74 Å². The third kappa shape index (κ3) is 3.60. The maximum Gasteiger partial charge on any atom is 0.307 e. The van der Waals surface area contributed by atoms with Crippen LogP contribution in [0.25, 0.3) is 0 Å². The summed E-state index contributed by atoms with van der Waals surface area (Å²) in [4.78, 5) is 14.0. The van der Waals surface area contributed by atoms with Crippen molar-refractivity contribution in [1.82, 2.24) is 4.90 Å². The minimum absolute atomic E-state index is 0.0941. The van der Waals surface area contributed by atoms with Crippen molar-refractivity contribution < 1.29 is 9.53 Å². The molecule has 2 rings (SSSR count). The Morgan fingerprint density at radius 2 is 2.00 bits per heavy atom. The number of piperidine rings is 1. The highest BCUT2D eigenvalue weighted by Gasteiger charge is 2.25. The summed E-state index contributed by atoms with van der Waals surface area (Å²) < 4.78 is 4.83. The largest absolute Gasteiger partial charge is 0.469 e. The van der Waals surface area contributed by atoms with Crippen molar-refractivity contribution >= 4 is 5.97 Å². The summed E-state index contributed by atoms with van der Waals surface area (Å²) in [5.74, 6) is -0.0941. The zero-order valence-corrected chi connectivity index (χ0v) is 12.8. The molecule has 3 heteroatoms. The van der Waals surface area contributed by atoms with Crippen molar-refractivity contribution in [3.8, 4) is 0 Å². The molecular formula is C17H25NO2. The van der Waals surface area contributed by atoms with E-state index in [0.29, 0.717) is 12.5 Å². The van der Waals surface area contributed by atoms with E-state index in [1.807, 2.05) is 0 Å². The van der Waals surface area contributed by atoms with Gasteiger partial charge >= 0.3 is 5.97 Å². The Balaban J connectivity index is 2.10. The van der Waals surface area contributed by atoms with Crippen LogP contribution in [-0.4, -0.2) is 30.6 Å². The number of nitrogens with zero attached hydrogens (tertiary/aromatic N) is 1. The molecule has 1 aliphatic heterocycles. The predicted molar refractivity (Wildman–Crippen MR) is 80.6 cm³/mol. The summed E-state index contributed by atoms with van der Waals surface area (Å²) in [6.07, 6.45) is 4.05. The molecule has 3 nitrogen and oxygen atoms in total. The third-order valence-electron chi connectivity index (χ3n) is 4.38. The van der Waals surface area contributed by atoms with E-state index in [-0.39, 0.29) is 5.97 Å². The second kappa shape index (κ2) is 6.89. The number of aryl methyl sites for hydroxylation is 2. The third-order valence-corrected chi connectivity index (χ3v) is 4.38. The number of methoxy groups -OCH3 is 1. The van der Waals surface area contributed by atoms with Gasteiger partial charge in [-0.1, -0.05) is 24.6 Å². The molecule has 1 unspecified atom stereocenters. The van der Waals surface area contributed by atoms with Crippen molar-refractivity contribution in [2.75, 3.05) is 13.7 Å². The molecule has 0 amide bonds. The molecule has 0 spiro atoms. The highest BCUT2D eigenvalue weighted by Crippen LogP contribution is 2.24. The smallest absolute Gasteiger partial charge is 0.307 e. The number of benzene rings is 1. The molecule has 110 valence electrons. The molecule has 0 aromatic heterocycles. The summed E-state index contributed by atoms with van der Waals surface area (Å²) in [6, 6.07) is 6.77. The molecule has 1 saturated heterocycles. The van der Waals surface area contributed by atoms with Crippen LogP contribution in [0, 0.1) is 13.8 Å². The number of carbonyl (C=O) groups is 1. The Labute approximate surface area is 121 Å². The van der Waals surface area contributed by atoms with Gasteiger partial charge in [0.25, 0.3) is 0 Å². The van der Waals surface area contributed by atoms with Crippen LogP contribution in [0.3, 0.4) is 0 Å². The van der Waals surface area contributed by atoms with E-state index in [1.54, 1.807) is 0 Å². The lowest BCUT2D eigenvalue weighted by Crippen LogP contribution is -2.40. The zero-order valence-electron chi connectivity index (χ0n) is 12.8. The maximum atomic E-state index is 11.6. The van der Waals surface area contributed by atoms with Gasteiger partial charge in [-0.15, -0.1) is 0 Å². The molecule has 1 aliphatic rings. The van der Waals surface area contributed by atoms with Gasteiger partial charge in [0, 0.05) is 12.6 Å². The van der Waals surface area contributed by atoms with Crippen LogP contribution in [-0.2, 0) is 16.1 Å². The molecule has 0 aliphatic carbocycles. The lowest BCUT2D eigenvalue weighted by atomic mass is 9.96. The molecular weight excluding hydrogens is 250 g/mol. The number of ether oxygens (including phenoxy) is 1. The molecule has 0 bridgehead atoms. The van der Waals surface area contributed by atoms with E-state index in [0.717, 1.165) is 19.5 Å². The SMILES string of the molecule is COC(=O)CC1CCCCN1Cc1c(C)cccc1C. The van der Waals surface area contributed by atoms with Crippen LogP contribution < -0.4 is 0 Å². The van der Waals surface area contributed by atoms with Gasteiger partial charge in [0.1, 0.15) is 0 Å². The average molecular weight is 275 g/mol. The van der Waals surface area contributed by atoms with Crippen molar-refractivity contribution in [1.29, 1.82) is 0 Å². The molecule has 1 atom stereocenters. The first kappa shape index (κ1) is 15.0. The number of hydrogen-bond donors (Lipinski definition) is 0. The summed E-state index contributed by atoms with van der Waals surface area (Å²) >= 11 is 0. The number of likely N-dealkylation sites (tertiary alicyclic amines) is 1. The van der Waals surface area contributed by atoms with Gasteiger partial charge in [0.15, 0.2) is 0 Å². The molecule has 1 aromatic carbocycles. The molecule has 0 radical (unpaired) electrons. The molecule has 1 heterocycles. The predicted octanol–water partition coefficient (Wildman–Crippen LogP) is 3.22. The number of hydrogen-bond acceptors (Lipinski definition) is 3. The molecule has 0 saturated carbocycles. The molecule has 0 N–H and O–H groups in total. The number of rotatable bonds is 4. The summed E-state index contributed by atoms with van der Waals surface area (Å²) in [5.41, 5.74) is 4.09. The minimum Gasteiger partial charge on any atom is -0.469 e. The van der Waals surface area contributed by atoms with Crippen molar-refractivity contribution in [3.05, 3.63) is 34.9 Å². The lowest BCUT2D eigenvalue weighted by Gasteiger charge is -2.35. The second-order valence-electron chi connectivity index (χ2n) is 5.77. The second-order valence-corrected chi connectivity index (χ2v) is 5.77. The average Bonchev–Trinajstić information content (AvgIpc) is 2.44. The van der Waals surface area contributed by atoms with Crippen LogP contribution in [0.1, 0.15) is 42.4 Å². The topological polar surface area (TPSA) is 29.5 Å². The summed E-state index contributed by atoms with van der Waals surface area (Å²) in [5, 5.41) is 0. The Bertz CT molecular complexity index is 450. The van der Waals surface area contributed by atoms with Gasteiger partial charge in [0.05, 0.1) is 13.5 Å². The van der Waals surface area contributed by atoms with Crippen molar-refractivity contribution in [3.63, 3.8) is 0 Å². The van der Waals surface area contributed by atoms with Crippen LogP contribution in [0.2, 0.25) is 0 Å². The fourth-order valence-electron chi connectivity index (χ4n) is 3.08. The monoisotopic (exact) mass is 275 g/mol. The Hall–Kier alpha value is -1.35. The maximum absolute atomic E-state index is 11.6.